The third-order valence-corrected chi connectivity index (χ3v) is 4.23. The Kier molecular flexibility index (Phi) is 6.85. The topological polar surface area (TPSA) is 41.9 Å². The van der Waals surface area contributed by atoms with Gasteiger partial charge in [-0.3, -0.25) is 4.79 Å². The van der Waals surface area contributed by atoms with Gasteiger partial charge in [0.05, 0.1) is 17.0 Å². The molecule has 2 aromatic carbocycles. The molecule has 0 aliphatic carbocycles. The van der Waals surface area contributed by atoms with Gasteiger partial charge in [-0.05, 0) is 55.8 Å². The van der Waals surface area contributed by atoms with Gasteiger partial charge in [-0.2, -0.15) is 0 Å². The van der Waals surface area contributed by atoms with Crippen molar-refractivity contribution in [2.45, 2.75) is 13.8 Å². The van der Waals surface area contributed by atoms with Crippen LogP contribution < -0.4 is 4.74 Å². The zero-order chi connectivity index (χ0) is 18.4. The van der Waals surface area contributed by atoms with Crippen molar-refractivity contribution >= 4 is 41.0 Å². The first-order chi connectivity index (χ1) is 11.9. The van der Waals surface area contributed by atoms with Crippen LogP contribution in [-0.4, -0.2) is 37.2 Å². The lowest BCUT2D eigenvalue weighted by molar-refractivity contribution is 0.0921. The van der Waals surface area contributed by atoms with E-state index in [0.29, 0.717) is 27.0 Å². The molecule has 2 aromatic rings. The van der Waals surface area contributed by atoms with Gasteiger partial charge in [0.25, 0.3) is 0 Å². The summed E-state index contributed by atoms with van der Waals surface area (Å²) in [6, 6.07) is 10.3. The fraction of sp³-hybridized carbons (Fsp3) is 0.263. The summed E-state index contributed by atoms with van der Waals surface area (Å²) in [6.45, 7) is 4.66. The fourth-order valence-electron chi connectivity index (χ4n) is 2.07. The average Bonchev–Trinajstić information content (AvgIpc) is 2.61. The highest BCUT2D eigenvalue weighted by Gasteiger charge is 2.13. The second-order valence-corrected chi connectivity index (χ2v) is 6.45. The van der Waals surface area contributed by atoms with Crippen LogP contribution in [0.15, 0.2) is 41.4 Å². The smallest absolute Gasteiger partial charge is 0.200 e. The minimum absolute atomic E-state index is 0.0695. The third kappa shape index (κ3) is 5.48. The molecule has 4 nitrogen and oxygen atoms in total. The second kappa shape index (κ2) is 8.88. The number of hydrogen-bond acceptors (Lipinski definition) is 3. The average molecular weight is 379 g/mol. The highest BCUT2D eigenvalue weighted by Crippen LogP contribution is 2.28. The van der Waals surface area contributed by atoms with E-state index in [9.17, 15) is 4.79 Å². The number of aryl methyl sites for hydroxylation is 1. The van der Waals surface area contributed by atoms with E-state index in [1.165, 1.54) is 0 Å². The molecule has 0 N–H and O–H groups in total. The van der Waals surface area contributed by atoms with E-state index in [-0.39, 0.29) is 12.4 Å². The van der Waals surface area contributed by atoms with Crippen LogP contribution in [0, 0.1) is 6.92 Å². The van der Waals surface area contributed by atoms with Gasteiger partial charge in [-0.25, -0.2) is 4.99 Å². The molecule has 25 heavy (non-hydrogen) atoms. The van der Waals surface area contributed by atoms with Crippen molar-refractivity contribution in [2.24, 2.45) is 4.99 Å². The first-order valence-electron chi connectivity index (χ1n) is 7.87. The van der Waals surface area contributed by atoms with Gasteiger partial charge in [0, 0.05) is 24.2 Å². The Morgan fingerprint density at radius 1 is 1.24 bits per heavy atom. The third-order valence-electron chi connectivity index (χ3n) is 3.67. The Balaban J connectivity index is 2.10. The molecule has 0 aliphatic heterocycles. The van der Waals surface area contributed by atoms with Crippen LogP contribution in [0.3, 0.4) is 0 Å². The number of aliphatic imine (C=N–C) groups is 1. The highest BCUT2D eigenvalue weighted by atomic mass is 35.5. The summed E-state index contributed by atoms with van der Waals surface area (Å²) < 4.78 is 5.51. The van der Waals surface area contributed by atoms with Gasteiger partial charge in [-0.1, -0.05) is 23.2 Å². The molecule has 0 aromatic heterocycles. The molecule has 0 spiro atoms. The van der Waals surface area contributed by atoms with Crippen LogP contribution >= 0.6 is 23.2 Å². The van der Waals surface area contributed by atoms with Gasteiger partial charge in [0.2, 0.25) is 5.78 Å². The van der Waals surface area contributed by atoms with Crippen LogP contribution in [0.25, 0.3) is 0 Å². The maximum atomic E-state index is 12.4. The molecule has 2 rings (SSSR count). The Bertz CT molecular complexity index is 774. The molecule has 0 radical (unpaired) electrons. The zero-order valence-corrected chi connectivity index (χ0v) is 15.9. The van der Waals surface area contributed by atoms with Crippen LogP contribution in [0.5, 0.6) is 5.75 Å². The summed E-state index contributed by atoms with van der Waals surface area (Å²) >= 11 is 12.1. The monoisotopic (exact) mass is 378 g/mol. The predicted molar refractivity (Wildman–Crippen MR) is 104 cm³/mol. The van der Waals surface area contributed by atoms with Crippen LogP contribution in [0.2, 0.25) is 10.0 Å². The quantitative estimate of drug-likeness (QED) is 0.378. The first-order valence-corrected chi connectivity index (χ1v) is 8.62. The molecule has 0 heterocycles. The van der Waals surface area contributed by atoms with Gasteiger partial charge < -0.3 is 9.64 Å². The summed E-state index contributed by atoms with van der Waals surface area (Å²) in [5.41, 5.74) is 1.97. The first kappa shape index (κ1) is 19.3. The molecular weight excluding hydrogens is 359 g/mol. The summed E-state index contributed by atoms with van der Waals surface area (Å²) in [6.07, 6.45) is 1.71. The standard InChI is InChI=1S/C19H20Cl2N2O2/c1-4-23(3)12-22-18-9-13(2)16(10-17(18)21)19(24)11-25-15-7-5-14(20)6-8-15/h5-10,12H,4,11H2,1-3H3. The number of Topliss-reactive ketones (excluding diaryl/α,β-unsaturated/α-hetero) is 1. The van der Waals surface area contributed by atoms with Crippen molar-refractivity contribution in [3.05, 3.63) is 57.6 Å². The Morgan fingerprint density at radius 3 is 2.56 bits per heavy atom. The molecule has 0 unspecified atom stereocenters. The van der Waals surface area contributed by atoms with Crippen LogP contribution in [0.4, 0.5) is 5.69 Å². The van der Waals surface area contributed by atoms with Crippen molar-refractivity contribution in [1.29, 1.82) is 0 Å². The predicted octanol–water partition coefficient (Wildman–Crippen LogP) is 5.18. The van der Waals surface area contributed by atoms with E-state index in [1.54, 1.807) is 42.7 Å². The van der Waals surface area contributed by atoms with E-state index in [0.717, 1.165) is 12.1 Å². The Hall–Kier alpha value is -2.04. The number of hydrogen-bond donors (Lipinski definition) is 0. The molecule has 0 bridgehead atoms. The van der Waals surface area contributed by atoms with Crippen LogP contribution in [0.1, 0.15) is 22.8 Å². The number of carbonyl (C=O) groups excluding carboxylic acids is 1. The van der Waals surface area contributed by atoms with Crippen molar-refractivity contribution in [3.8, 4) is 5.75 Å². The summed E-state index contributed by atoms with van der Waals surface area (Å²) in [5.74, 6) is 0.445. The maximum absolute atomic E-state index is 12.4. The van der Waals surface area contributed by atoms with Gasteiger partial charge in [-0.15, -0.1) is 0 Å². The van der Waals surface area contributed by atoms with E-state index >= 15 is 0 Å². The van der Waals surface area contributed by atoms with Gasteiger partial charge in [0.1, 0.15) is 5.75 Å². The number of rotatable bonds is 7. The van der Waals surface area contributed by atoms with Crippen molar-refractivity contribution < 1.29 is 9.53 Å². The summed E-state index contributed by atoms with van der Waals surface area (Å²) in [7, 11) is 1.93. The van der Waals surface area contributed by atoms with Crippen LogP contribution in [-0.2, 0) is 0 Å². The minimum atomic E-state index is -0.143. The zero-order valence-electron chi connectivity index (χ0n) is 14.4. The summed E-state index contributed by atoms with van der Waals surface area (Å²) in [5, 5.41) is 1.05. The van der Waals surface area contributed by atoms with Gasteiger partial charge >= 0.3 is 0 Å². The fourth-order valence-corrected chi connectivity index (χ4v) is 2.40. The lowest BCUT2D eigenvalue weighted by Gasteiger charge is -2.11. The number of ether oxygens (including phenoxy) is 1. The van der Waals surface area contributed by atoms with Crippen molar-refractivity contribution in [3.63, 3.8) is 0 Å². The normalized spacial score (nSPS) is 10.9. The number of ketones is 1. The largest absolute Gasteiger partial charge is 0.485 e. The minimum Gasteiger partial charge on any atom is -0.485 e. The molecule has 0 saturated heterocycles. The van der Waals surface area contributed by atoms with Crippen molar-refractivity contribution in [2.75, 3.05) is 20.2 Å². The number of halogens is 2. The maximum Gasteiger partial charge on any atom is 0.200 e. The van der Waals surface area contributed by atoms with E-state index < -0.39 is 0 Å². The molecular formula is C19H20Cl2N2O2. The second-order valence-electron chi connectivity index (χ2n) is 5.60. The number of nitrogens with zero attached hydrogens (tertiary/aromatic N) is 2. The molecule has 6 heteroatoms. The van der Waals surface area contributed by atoms with E-state index in [1.807, 2.05) is 25.8 Å². The SMILES string of the molecule is CCN(C)C=Nc1cc(C)c(C(=O)COc2ccc(Cl)cc2)cc1Cl. The summed E-state index contributed by atoms with van der Waals surface area (Å²) in [4.78, 5) is 18.7. The number of carbonyl (C=O) groups is 1. The Labute approximate surface area is 158 Å². The molecule has 132 valence electrons. The molecule has 0 aliphatic rings. The molecule has 0 atom stereocenters. The lowest BCUT2D eigenvalue weighted by Crippen LogP contribution is -2.14. The van der Waals surface area contributed by atoms with Gasteiger partial charge in [0.15, 0.2) is 6.61 Å². The molecule has 0 amide bonds. The lowest BCUT2D eigenvalue weighted by atomic mass is 10.0. The van der Waals surface area contributed by atoms with E-state index in [4.69, 9.17) is 27.9 Å². The highest BCUT2D eigenvalue weighted by molar-refractivity contribution is 6.33. The molecule has 0 fully saturated rings. The number of benzene rings is 2. The van der Waals surface area contributed by atoms with E-state index in [2.05, 4.69) is 4.99 Å². The van der Waals surface area contributed by atoms with Crippen molar-refractivity contribution in [1.82, 2.24) is 4.90 Å². The molecule has 0 saturated carbocycles. The Morgan fingerprint density at radius 2 is 1.92 bits per heavy atom.